The van der Waals surface area contributed by atoms with Gasteiger partial charge in [0, 0.05) is 19.0 Å². The first-order valence-corrected chi connectivity index (χ1v) is 8.20. The third kappa shape index (κ3) is 3.99. The van der Waals surface area contributed by atoms with Crippen LogP contribution in [0, 0.1) is 5.92 Å². The molecular weight excluding hydrogens is 284 g/mol. The number of methoxy groups -OCH3 is 1. The van der Waals surface area contributed by atoms with Crippen molar-refractivity contribution >= 4 is 17.8 Å². The first-order chi connectivity index (χ1) is 10.5. The summed E-state index contributed by atoms with van der Waals surface area (Å²) in [6.07, 6.45) is 7.11. The highest BCUT2D eigenvalue weighted by atomic mass is 16.5. The van der Waals surface area contributed by atoms with E-state index in [0.29, 0.717) is 6.54 Å². The molecule has 2 atom stereocenters. The Bertz CT molecular complexity index is 430. The predicted molar refractivity (Wildman–Crippen MR) is 80.9 cm³/mol. The number of rotatable bonds is 4. The fourth-order valence-corrected chi connectivity index (χ4v) is 3.40. The first-order valence-electron chi connectivity index (χ1n) is 8.20. The van der Waals surface area contributed by atoms with E-state index >= 15 is 0 Å². The molecule has 1 saturated heterocycles. The lowest BCUT2D eigenvalue weighted by molar-refractivity contribution is -0.145. The average Bonchev–Trinajstić information content (AvgIpc) is 2.73. The predicted octanol–water partition coefficient (Wildman–Crippen LogP) is 1.24. The third-order valence-corrected chi connectivity index (χ3v) is 4.71. The Morgan fingerprint density at radius 3 is 2.45 bits per heavy atom. The Morgan fingerprint density at radius 1 is 1.23 bits per heavy atom. The molecule has 1 saturated carbocycles. The summed E-state index contributed by atoms with van der Waals surface area (Å²) in [6.45, 7) is 2.06. The molecule has 6 heteroatoms. The molecule has 2 aliphatic rings. The topological polar surface area (TPSA) is 75.7 Å². The van der Waals surface area contributed by atoms with Crippen LogP contribution in [0.15, 0.2) is 0 Å². The second kappa shape index (κ2) is 7.61. The third-order valence-electron chi connectivity index (χ3n) is 4.71. The number of hydrogen-bond donors (Lipinski definition) is 1. The van der Waals surface area contributed by atoms with E-state index in [1.165, 1.54) is 20.0 Å². The number of ether oxygens (including phenoxy) is 1. The Hall–Kier alpha value is -1.59. The molecule has 0 spiro atoms. The van der Waals surface area contributed by atoms with E-state index in [2.05, 4.69) is 10.1 Å². The quantitative estimate of drug-likeness (QED) is 0.626. The highest BCUT2D eigenvalue weighted by Gasteiger charge is 2.38. The van der Waals surface area contributed by atoms with Crippen molar-refractivity contribution in [1.82, 2.24) is 10.2 Å². The summed E-state index contributed by atoms with van der Waals surface area (Å²) < 4.78 is 4.60. The summed E-state index contributed by atoms with van der Waals surface area (Å²) in [4.78, 5) is 37.7. The molecule has 2 amide bonds. The molecule has 22 heavy (non-hydrogen) atoms. The normalized spacial score (nSPS) is 24.7. The van der Waals surface area contributed by atoms with E-state index in [9.17, 15) is 14.4 Å². The number of carbonyl (C=O) groups excluding carboxylic acids is 3. The smallest absolute Gasteiger partial charge is 0.328 e. The SMILES string of the molecule is COC(=O)[C@H](C)NC(=O)[C@H]1CC(=O)N(C2CCCCCC2)C1. The molecule has 0 radical (unpaired) electrons. The minimum absolute atomic E-state index is 0.0674. The lowest BCUT2D eigenvalue weighted by atomic mass is 10.1. The van der Waals surface area contributed by atoms with Crippen LogP contribution >= 0.6 is 0 Å². The van der Waals surface area contributed by atoms with Gasteiger partial charge in [0.15, 0.2) is 0 Å². The largest absolute Gasteiger partial charge is 0.467 e. The van der Waals surface area contributed by atoms with Gasteiger partial charge in [-0.25, -0.2) is 4.79 Å². The number of amides is 2. The van der Waals surface area contributed by atoms with Gasteiger partial charge in [0.1, 0.15) is 6.04 Å². The van der Waals surface area contributed by atoms with E-state index in [-0.39, 0.29) is 30.2 Å². The van der Waals surface area contributed by atoms with Gasteiger partial charge in [0.05, 0.1) is 13.0 Å². The second-order valence-corrected chi connectivity index (χ2v) is 6.35. The van der Waals surface area contributed by atoms with Gasteiger partial charge >= 0.3 is 5.97 Å². The lowest BCUT2D eigenvalue weighted by Gasteiger charge is -2.27. The highest BCUT2D eigenvalue weighted by molar-refractivity contribution is 5.91. The van der Waals surface area contributed by atoms with Crippen LogP contribution in [0.5, 0.6) is 0 Å². The van der Waals surface area contributed by atoms with Gasteiger partial charge in [-0.3, -0.25) is 9.59 Å². The van der Waals surface area contributed by atoms with Gasteiger partial charge in [-0.05, 0) is 19.8 Å². The van der Waals surface area contributed by atoms with E-state index in [4.69, 9.17) is 0 Å². The monoisotopic (exact) mass is 310 g/mol. The van der Waals surface area contributed by atoms with Crippen LogP contribution in [0.3, 0.4) is 0 Å². The van der Waals surface area contributed by atoms with Crippen molar-refractivity contribution in [2.45, 2.75) is 64.0 Å². The van der Waals surface area contributed by atoms with E-state index < -0.39 is 12.0 Å². The zero-order valence-corrected chi connectivity index (χ0v) is 13.5. The molecule has 0 aromatic rings. The molecule has 2 rings (SSSR count). The lowest BCUT2D eigenvalue weighted by Crippen LogP contribution is -2.43. The molecule has 2 fully saturated rings. The van der Waals surface area contributed by atoms with Crippen molar-refractivity contribution in [2.75, 3.05) is 13.7 Å². The van der Waals surface area contributed by atoms with Crippen LogP contribution in [-0.4, -0.2) is 48.4 Å². The van der Waals surface area contributed by atoms with E-state index in [1.807, 2.05) is 4.90 Å². The number of nitrogens with zero attached hydrogens (tertiary/aromatic N) is 1. The Morgan fingerprint density at radius 2 is 1.86 bits per heavy atom. The fourth-order valence-electron chi connectivity index (χ4n) is 3.40. The maximum atomic E-state index is 12.2. The molecule has 0 unspecified atom stereocenters. The molecule has 1 N–H and O–H groups in total. The molecule has 0 aromatic carbocycles. The maximum Gasteiger partial charge on any atom is 0.328 e. The summed E-state index contributed by atoms with van der Waals surface area (Å²) >= 11 is 0. The molecule has 1 heterocycles. The Kier molecular flexibility index (Phi) is 5.80. The number of likely N-dealkylation sites (tertiary alicyclic amines) is 1. The summed E-state index contributed by atoms with van der Waals surface area (Å²) in [5.74, 6) is -0.999. The Balaban J connectivity index is 1.90. The molecule has 0 bridgehead atoms. The zero-order chi connectivity index (χ0) is 16.1. The van der Waals surface area contributed by atoms with Crippen molar-refractivity contribution in [3.05, 3.63) is 0 Å². The van der Waals surface area contributed by atoms with Crippen molar-refractivity contribution in [3.8, 4) is 0 Å². The number of carbonyl (C=O) groups is 3. The molecular formula is C16H26N2O4. The summed E-state index contributed by atoms with van der Waals surface area (Å²) in [7, 11) is 1.29. The number of hydrogen-bond acceptors (Lipinski definition) is 4. The minimum atomic E-state index is -0.681. The van der Waals surface area contributed by atoms with Gasteiger partial charge in [-0.1, -0.05) is 25.7 Å². The Labute approximate surface area is 131 Å². The van der Waals surface area contributed by atoms with Gasteiger partial charge in [0.2, 0.25) is 11.8 Å². The van der Waals surface area contributed by atoms with Crippen molar-refractivity contribution < 1.29 is 19.1 Å². The number of esters is 1. The maximum absolute atomic E-state index is 12.2. The molecule has 0 aromatic heterocycles. The van der Waals surface area contributed by atoms with E-state index in [0.717, 1.165) is 25.7 Å². The number of nitrogens with one attached hydrogen (secondary N) is 1. The van der Waals surface area contributed by atoms with Gasteiger partial charge in [-0.15, -0.1) is 0 Å². The summed E-state index contributed by atoms with van der Waals surface area (Å²) in [6, 6.07) is -0.398. The second-order valence-electron chi connectivity index (χ2n) is 6.35. The average molecular weight is 310 g/mol. The fraction of sp³-hybridized carbons (Fsp3) is 0.812. The van der Waals surface area contributed by atoms with Crippen LogP contribution in [0.4, 0.5) is 0 Å². The van der Waals surface area contributed by atoms with Gasteiger partial charge in [0.25, 0.3) is 0 Å². The summed E-state index contributed by atoms with van der Waals surface area (Å²) in [5, 5.41) is 2.64. The minimum Gasteiger partial charge on any atom is -0.467 e. The van der Waals surface area contributed by atoms with Gasteiger partial charge in [-0.2, -0.15) is 0 Å². The van der Waals surface area contributed by atoms with Crippen LogP contribution in [0.2, 0.25) is 0 Å². The van der Waals surface area contributed by atoms with Crippen LogP contribution < -0.4 is 5.32 Å². The summed E-state index contributed by atoms with van der Waals surface area (Å²) in [5.41, 5.74) is 0. The van der Waals surface area contributed by atoms with Crippen molar-refractivity contribution in [1.29, 1.82) is 0 Å². The van der Waals surface area contributed by atoms with Crippen molar-refractivity contribution in [2.24, 2.45) is 5.92 Å². The van der Waals surface area contributed by atoms with Crippen LogP contribution in [-0.2, 0) is 19.1 Å². The van der Waals surface area contributed by atoms with Gasteiger partial charge < -0.3 is 15.0 Å². The van der Waals surface area contributed by atoms with Crippen LogP contribution in [0.25, 0.3) is 0 Å². The molecule has 124 valence electrons. The standard InChI is InChI=1S/C16H26N2O4/c1-11(16(21)22-2)17-15(20)12-9-14(19)18(10-12)13-7-5-3-4-6-8-13/h11-13H,3-10H2,1-2H3,(H,17,20)/t11-,12-/m0/s1. The van der Waals surface area contributed by atoms with Crippen LogP contribution in [0.1, 0.15) is 51.9 Å². The molecule has 6 nitrogen and oxygen atoms in total. The zero-order valence-electron chi connectivity index (χ0n) is 13.5. The highest BCUT2D eigenvalue weighted by Crippen LogP contribution is 2.28. The van der Waals surface area contributed by atoms with Crippen molar-refractivity contribution in [3.63, 3.8) is 0 Å². The first kappa shape index (κ1) is 16.8. The molecule has 1 aliphatic heterocycles. The molecule has 1 aliphatic carbocycles. The van der Waals surface area contributed by atoms with E-state index in [1.54, 1.807) is 6.92 Å².